The Morgan fingerprint density at radius 1 is 1.48 bits per heavy atom. The van der Waals surface area contributed by atoms with Gasteiger partial charge in [0.2, 0.25) is 0 Å². The highest BCUT2D eigenvalue weighted by Crippen LogP contribution is 2.22. The van der Waals surface area contributed by atoms with Crippen LogP contribution < -0.4 is 5.56 Å². The number of thiophene rings is 1. The van der Waals surface area contributed by atoms with Crippen LogP contribution in [0.4, 0.5) is 0 Å². The van der Waals surface area contributed by atoms with E-state index in [1.807, 2.05) is 19.9 Å². The van der Waals surface area contributed by atoms with Crippen molar-refractivity contribution in [3.63, 3.8) is 0 Å². The highest BCUT2D eigenvalue weighted by molar-refractivity contribution is 7.99. The van der Waals surface area contributed by atoms with E-state index >= 15 is 0 Å². The summed E-state index contributed by atoms with van der Waals surface area (Å²) in [7, 11) is 0. The van der Waals surface area contributed by atoms with Crippen molar-refractivity contribution in [2.24, 2.45) is 0 Å². The van der Waals surface area contributed by atoms with Gasteiger partial charge >= 0.3 is 5.97 Å². The minimum atomic E-state index is -0.357. The van der Waals surface area contributed by atoms with Gasteiger partial charge in [0.15, 0.2) is 5.16 Å². The van der Waals surface area contributed by atoms with Crippen molar-refractivity contribution in [3.8, 4) is 0 Å². The Balaban J connectivity index is 1.91. The number of carbonyl (C=O) groups is 1. The topological polar surface area (TPSA) is 81.3 Å². The van der Waals surface area contributed by atoms with Crippen LogP contribution in [-0.4, -0.2) is 41.5 Å². The number of esters is 1. The van der Waals surface area contributed by atoms with Gasteiger partial charge in [-0.2, -0.15) is 0 Å². The number of nitrogens with one attached hydrogen (secondary N) is 1. The minimum absolute atomic E-state index is 0.102. The molecule has 0 aliphatic rings. The van der Waals surface area contributed by atoms with Crippen molar-refractivity contribution in [2.45, 2.75) is 19.0 Å². The minimum Gasteiger partial charge on any atom is -0.463 e. The van der Waals surface area contributed by atoms with Gasteiger partial charge < -0.3 is 14.5 Å². The zero-order chi connectivity index (χ0) is 15.2. The number of fused-ring (bicyclic) bond motifs is 1. The lowest BCUT2D eigenvalue weighted by molar-refractivity contribution is -0.141. The van der Waals surface area contributed by atoms with Crippen LogP contribution in [0.5, 0.6) is 0 Å². The Labute approximate surface area is 129 Å². The number of ether oxygens (including phenoxy) is 2. The van der Waals surface area contributed by atoms with E-state index in [-0.39, 0.29) is 23.9 Å². The molecule has 114 valence electrons. The van der Waals surface area contributed by atoms with Crippen LogP contribution in [-0.2, 0) is 14.3 Å². The number of H-pyrrole nitrogens is 1. The van der Waals surface area contributed by atoms with E-state index in [0.717, 1.165) is 16.6 Å². The summed E-state index contributed by atoms with van der Waals surface area (Å²) < 4.78 is 10.1. The van der Waals surface area contributed by atoms with Crippen LogP contribution >= 0.6 is 23.1 Å². The fourth-order valence-electron chi connectivity index (χ4n) is 1.63. The number of carbonyl (C=O) groups excluding carboxylic acids is 1. The number of rotatable bonds is 7. The zero-order valence-electron chi connectivity index (χ0n) is 11.8. The summed E-state index contributed by atoms with van der Waals surface area (Å²) in [6, 6.07) is 1.81. The molecule has 2 heterocycles. The monoisotopic (exact) mass is 328 g/mol. The summed E-state index contributed by atoms with van der Waals surface area (Å²) in [5.74, 6) is -0.255. The highest BCUT2D eigenvalue weighted by Gasteiger charge is 2.10. The Hall–Kier alpha value is -1.38. The molecular formula is C13H16N2O4S2. The quantitative estimate of drug-likeness (QED) is 0.362. The van der Waals surface area contributed by atoms with E-state index in [9.17, 15) is 9.59 Å². The smallest absolute Gasteiger partial charge is 0.316 e. The summed E-state index contributed by atoms with van der Waals surface area (Å²) in [5, 5.41) is 1.01. The van der Waals surface area contributed by atoms with Gasteiger partial charge in [-0.1, -0.05) is 11.8 Å². The van der Waals surface area contributed by atoms with Crippen LogP contribution in [0.2, 0.25) is 0 Å². The van der Waals surface area contributed by atoms with Gasteiger partial charge in [-0.25, -0.2) is 4.98 Å². The Morgan fingerprint density at radius 2 is 2.29 bits per heavy atom. The molecule has 0 fully saturated rings. The van der Waals surface area contributed by atoms with Crippen molar-refractivity contribution in [2.75, 3.05) is 25.6 Å². The van der Waals surface area contributed by atoms with E-state index in [4.69, 9.17) is 9.47 Å². The molecule has 0 amide bonds. The maximum atomic E-state index is 11.9. The maximum absolute atomic E-state index is 11.9. The summed E-state index contributed by atoms with van der Waals surface area (Å²) in [4.78, 5) is 32.1. The van der Waals surface area contributed by atoms with Crippen LogP contribution in [0, 0.1) is 6.92 Å². The Kier molecular flexibility index (Phi) is 5.77. The first-order valence-corrected chi connectivity index (χ1v) is 8.27. The molecule has 0 spiro atoms. The molecule has 0 atom stereocenters. The van der Waals surface area contributed by atoms with E-state index in [1.54, 1.807) is 0 Å². The van der Waals surface area contributed by atoms with Gasteiger partial charge in [0.1, 0.15) is 11.4 Å². The number of aromatic amines is 1. The molecule has 0 aromatic carbocycles. The molecule has 0 radical (unpaired) electrons. The predicted molar refractivity (Wildman–Crippen MR) is 83.2 cm³/mol. The van der Waals surface area contributed by atoms with Gasteiger partial charge in [-0.15, -0.1) is 11.3 Å². The third-order valence-corrected chi connectivity index (χ3v) is 4.32. The van der Waals surface area contributed by atoms with E-state index in [2.05, 4.69) is 9.97 Å². The molecule has 0 aliphatic heterocycles. The third-order valence-electron chi connectivity index (χ3n) is 2.53. The molecule has 8 heteroatoms. The Morgan fingerprint density at radius 3 is 3.05 bits per heavy atom. The maximum Gasteiger partial charge on any atom is 0.316 e. The summed E-state index contributed by atoms with van der Waals surface area (Å²) in [6.07, 6.45) is 0. The molecule has 0 saturated carbocycles. The second kappa shape index (κ2) is 7.58. The molecule has 2 aromatic rings. The third kappa shape index (κ3) is 4.55. The first kappa shape index (κ1) is 16.0. The standard InChI is InChI=1S/C13H16N2O4S2/c1-3-18-4-5-19-10(16)7-20-13-14-11(17)9-6-8(2)21-12(9)15-13/h6H,3-5,7H2,1-2H3,(H,14,15,17). The van der Waals surface area contributed by atoms with Gasteiger partial charge in [-0.3, -0.25) is 9.59 Å². The molecule has 0 bridgehead atoms. The lowest BCUT2D eigenvalue weighted by Gasteiger charge is -2.04. The van der Waals surface area contributed by atoms with Crippen molar-refractivity contribution in [3.05, 3.63) is 21.3 Å². The molecule has 2 rings (SSSR count). The molecule has 0 aliphatic carbocycles. The van der Waals surface area contributed by atoms with Crippen molar-refractivity contribution < 1.29 is 14.3 Å². The number of aromatic nitrogens is 2. The van der Waals surface area contributed by atoms with E-state index < -0.39 is 0 Å². The van der Waals surface area contributed by atoms with Gasteiger partial charge in [0.25, 0.3) is 5.56 Å². The molecule has 6 nitrogen and oxygen atoms in total. The van der Waals surface area contributed by atoms with Crippen molar-refractivity contribution >= 4 is 39.3 Å². The summed E-state index contributed by atoms with van der Waals surface area (Å²) in [6.45, 7) is 5.02. The fourth-order valence-corrected chi connectivity index (χ4v) is 3.23. The highest BCUT2D eigenvalue weighted by atomic mass is 32.2. The number of aryl methyl sites for hydroxylation is 1. The van der Waals surface area contributed by atoms with Gasteiger partial charge in [0.05, 0.1) is 17.7 Å². The molecule has 2 aromatic heterocycles. The lowest BCUT2D eigenvalue weighted by Crippen LogP contribution is -2.13. The lowest BCUT2D eigenvalue weighted by atomic mass is 10.4. The van der Waals surface area contributed by atoms with Gasteiger partial charge in [-0.05, 0) is 19.9 Å². The number of thioether (sulfide) groups is 1. The fraction of sp³-hybridized carbons (Fsp3) is 0.462. The molecular weight excluding hydrogens is 312 g/mol. The second-order valence-corrected chi connectivity index (χ2v) is 6.35. The van der Waals surface area contributed by atoms with Crippen molar-refractivity contribution in [1.29, 1.82) is 0 Å². The van der Waals surface area contributed by atoms with Crippen LogP contribution in [0.1, 0.15) is 11.8 Å². The normalized spacial score (nSPS) is 11.0. The van der Waals surface area contributed by atoms with Crippen LogP contribution in [0.25, 0.3) is 10.2 Å². The van der Waals surface area contributed by atoms with Gasteiger partial charge in [0, 0.05) is 11.5 Å². The molecule has 1 N–H and O–H groups in total. The molecule has 0 unspecified atom stereocenters. The van der Waals surface area contributed by atoms with E-state index in [1.165, 1.54) is 11.3 Å². The SMILES string of the molecule is CCOCCOC(=O)CSc1nc2sc(C)cc2c(=O)[nH]1. The largest absolute Gasteiger partial charge is 0.463 e. The first-order valence-electron chi connectivity index (χ1n) is 6.46. The second-order valence-electron chi connectivity index (χ2n) is 4.15. The zero-order valence-corrected chi connectivity index (χ0v) is 13.4. The number of hydrogen-bond donors (Lipinski definition) is 1. The first-order chi connectivity index (χ1) is 10.1. The van der Waals surface area contributed by atoms with Crippen molar-refractivity contribution in [1.82, 2.24) is 9.97 Å². The predicted octanol–water partition coefficient (Wildman–Crippen LogP) is 1.96. The molecule has 21 heavy (non-hydrogen) atoms. The van der Waals surface area contributed by atoms with Crippen LogP contribution in [0.15, 0.2) is 16.0 Å². The average molecular weight is 328 g/mol. The number of nitrogens with zero attached hydrogens (tertiary/aromatic N) is 1. The Bertz CT molecular complexity index is 680. The summed E-state index contributed by atoms with van der Waals surface area (Å²) >= 11 is 2.61. The average Bonchev–Trinajstić information content (AvgIpc) is 2.82. The summed E-state index contributed by atoms with van der Waals surface area (Å²) in [5.41, 5.74) is -0.184. The van der Waals surface area contributed by atoms with E-state index in [0.29, 0.717) is 28.6 Å². The molecule has 0 saturated heterocycles. The van der Waals surface area contributed by atoms with Crippen LogP contribution in [0.3, 0.4) is 0 Å². The number of hydrogen-bond acceptors (Lipinski definition) is 7.